The summed E-state index contributed by atoms with van der Waals surface area (Å²) in [7, 11) is -3.24. The van der Waals surface area contributed by atoms with Gasteiger partial charge in [0.05, 0.1) is 10.8 Å². The van der Waals surface area contributed by atoms with Crippen LogP contribution >= 0.6 is 11.3 Å². The summed E-state index contributed by atoms with van der Waals surface area (Å²) in [4.78, 5) is 15.9. The maximum Gasteiger partial charge on any atom is 0.237 e. The van der Waals surface area contributed by atoms with Crippen molar-refractivity contribution in [3.05, 3.63) is 17.5 Å². The Labute approximate surface area is 124 Å². The van der Waals surface area contributed by atoms with Crippen LogP contribution in [0, 0.1) is 0 Å². The van der Waals surface area contributed by atoms with Crippen LogP contribution in [0.4, 0.5) is 5.00 Å². The van der Waals surface area contributed by atoms with Gasteiger partial charge < -0.3 is 9.80 Å². The molecule has 1 saturated heterocycles. The van der Waals surface area contributed by atoms with Crippen molar-refractivity contribution >= 4 is 32.1 Å². The second kappa shape index (κ2) is 6.58. The predicted octanol–water partition coefficient (Wildman–Crippen LogP) is 1.22. The highest BCUT2D eigenvalue weighted by Gasteiger charge is 2.25. The Morgan fingerprint density at radius 3 is 2.55 bits per heavy atom. The third-order valence-corrected chi connectivity index (χ3v) is 5.95. The summed E-state index contributed by atoms with van der Waals surface area (Å²) < 4.78 is 23.4. The maximum atomic E-state index is 12.0. The molecule has 2 rings (SSSR count). The molecule has 1 amide bonds. The van der Waals surface area contributed by atoms with Crippen LogP contribution in [-0.2, 0) is 14.6 Å². The molecule has 1 fully saturated rings. The topological polar surface area (TPSA) is 57.7 Å². The number of hydrogen-bond acceptors (Lipinski definition) is 5. The molecule has 5 nitrogen and oxygen atoms in total. The zero-order chi connectivity index (χ0) is 14.6. The first-order chi connectivity index (χ1) is 9.52. The van der Waals surface area contributed by atoms with E-state index in [1.165, 1.54) is 5.00 Å². The summed E-state index contributed by atoms with van der Waals surface area (Å²) in [6.45, 7) is 4.53. The molecule has 0 aromatic carbocycles. The summed E-state index contributed by atoms with van der Waals surface area (Å²) in [5.74, 6) is -0.516. The van der Waals surface area contributed by atoms with Gasteiger partial charge in [-0.2, -0.15) is 0 Å². The smallest absolute Gasteiger partial charge is 0.237 e. The largest absolute Gasteiger partial charge is 0.360 e. The van der Waals surface area contributed by atoms with Gasteiger partial charge in [0.2, 0.25) is 5.91 Å². The summed E-state index contributed by atoms with van der Waals surface area (Å²) in [6, 6.07) is 4.07. The van der Waals surface area contributed by atoms with Gasteiger partial charge in [-0.25, -0.2) is 8.42 Å². The molecule has 0 atom stereocenters. The van der Waals surface area contributed by atoms with Crippen molar-refractivity contribution in [2.45, 2.75) is 13.3 Å². The molecule has 0 spiro atoms. The van der Waals surface area contributed by atoms with Gasteiger partial charge in [0, 0.05) is 26.2 Å². The highest BCUT2D eigenvalue weighted by atomic mass is 32.2. The Bertz CT molecular complexity index is 532. The second-order valence-corrected chi connectivity index (χ2v) is 8.02. The molecular weight excluding hydrogens is 296 g/mol. The minimum absolute atomic E-state index is 0.0912. The molecule has 0 saturated carbocycles. The van der Waals surface area contributed by atoms with E-state index in [9.17, 15) is 13.2 Å². The van der Waals surface area contributed by atoms with E-state index >= 15 is 0 Å². The number of nitrogens with zero attached hydrogens (tertiary/aromatic N) is 2. The van der Waals surface area contributed by atoms with E-state index in [0.717, 1.165) is 13.1 Å². The first-order valence-corrected chi connectivity index (χ1v) is 9.48. The molecule has 0 aliphatic carbocycles. The lowest BCUT2D eigenvalue weighted by Crippen LogP contribution is -2.50. The average molecular weight is 316 g/mol. The summed E-state index contributed by atoms with van der Waals surface area (Å²) in [5, 5.41) is 3.24. The van der Waals surface area contributed by atoms with Crippen molar-refractivity contribution < 1.29 is 13.2 Å². The van der Waals surface area contributed by atoms with E-state index in [-0.39, 0.29) is 17.4 Å². The van der Waals surface area contributed by atoms with E-state index in [4.69, 9.17) is 0 Å². The van der Waals surface area contributed by atoms with E-state index in [1.54, 1.807) is 16.2 Å². The minimum Gasteiger partial charge on any atom is -0.360 e. The molecule has 0 bridgehead atoms. The SMILES string of the molecule is CCCS(=O)(=O)CC(=O)N1CCN(c2cccs2)CC1. The van der Waals surface area contributed by atoms with Crippen LogP contribution in [0.3, 0.4) is 0 Å². The van der Waals surface area contributed by atoms with Crippen LogP contribution in [0.25, 0.3) is 0 Å². The lowest BCUT2D eigenvalue weighted by Gasteiger charge is -2.35. The number of carbonyl (C=O) groups excluding carboxylic acids is 1. The van der Waals surface area contributed by atoms with Crippen LogP contribution in [0.5, 0.6) is 0 Å². The quantitative estimate of drug-likeness (QED) is 0.819. The fraction of sp³-hybridized carbons (Fsp3) is 0.615. The van der Waals surface area contributed by atoms with Crippen LogP contribution in [0.15, 0.2) is 17.5 Å². The lowest BCUT2D eigenvalue weighted by atomic mass is 10.3. The molecule has 0 unspecified atom stereocenters. The van der Waals surface area contributed by atoms with Gasteiger partial charge in [0.25, 0.3) is 0 Å². The highest BCUT2D eigenvalue weighted by Crippen LogP contribution is 2.22. The maximum absolute atomic E-state index is 12.0. The number of rotatable bonds is 5. The number of sulfone groups is 1. The third-order valence-electron chi connectivity index (χ3n) is 3.31. The fourth-order valence-electron chi connectivity index (χ4n) is 2.29. The summed E-state index contributed by atoms with van der Waals surface area (Å²) in [5.41, 5.74) is 0. The third kappa shape index (κ3) is 3.96. The number of amides is 1. The molecule has 0 radical (unpaired) electrons. The van der Waals surface area contributed by atoms with Crippen molar-refractivity contribution in [1.82, 2.24) is 4.90 Å². The molecule has 7 heteroatoms. The van der Waals surface area contributed by atoms with E-state index < -0.39 is 9.84 Å². The van der Waals surface area contributed by atoms with E-state index in [1.807, 2.05) is 18.4 Å². The zero-order valence-electron chi connectivity index (χ0n) is 11.6. The van der Waals surface area contributed by atoms with Crippen molar-refractivity contribution in [3.63, 3.8) is 0 Å². The van der Waals surface area contributed by atoms with Crippen molar-refractivity contribution in [2.24, 2.45) is 0 Å². The van der Waals surface area contributed by atoms with Gasteiger partial charge in [-0.1, -0.05) is 6.92 Å². The van der Waals surface area contributed by atoms with Gasteiger partial charge in [-0.15, -0.1) is 11.3 Å². The Morgan fingerprint density at radius 2 is 2.00 bits per heavy atom. The zero-order valence-corrected chi connectivity index (χ0v) is 13.3. The molecule has 2 heterocycles. The summed E-state index contributed by atoms with van der Waals surface area (Å²) >= 11 is 1.68. The standard InChI is InChI=1S/C13H20N2O3S2/c1-2-10-20(17,18)11-12(16)14-5-7-15(8-6-14)13-4-3-9-19-13/h3-4,9H,2,5-8,10-11H2,1H3. The number of piperazine rings is 1. The molecule has 1 aromatic rings. The minimum atomic E-state index is -3.24. The Morgan fingerprint density at radius 1 is 1.30 bits per heavy atom. The molecule has 20 heavy (non-hydrogen) atoms. The van der Waals surface area contributed by atoms with Crippen molar-refractivity contribution in [1.29, 1.82) is 0 Å². The molecular formula is C13H20N2O3S2. The van der Waals surface area contributed by atoms with Gasteiger partial charge in [0.1, 0.15) is 5.75 Å². The number of hydrogen-bond donors (Lipinski definition) is 0. The van der Waals surface area contributed by atoms with Gasteiger partial charge >= 0.3 is 0 Å². The number of carbonyl (C=O) groups is 1. The van der Waals surface area contributed by atoms with Gasteiger partial charge in [0.15, 0.2) is 9.84 Å². The monoisotopic (exact) mass is 316 g/mol. The number of anilines is 1. The van der Waals surface area contributed by atoms with E-state index in [0.29, 0.717) is 19.5 Å². The predicted molar refractivity (Wildman–Crippen MR) is 82.1 cm³/mol. The van der Waals surface area contributed by atoms with Gasteiger partial charge in [-0.05, 0) is 23.9 Å². The van der Waals surface area contributed by atoms with Crippen LogP contribution in [-0.4, -0.2) is 56.9 Å². The Kier molecular flexibility index (Phi) is 5.04. The first kappa shape index (κ1) is 15.3. The van der Waals surface area contributed by atoms with Gasteiger partial charge in [-0.3, -0.25) is 4.79 Å². The Balaban J connectivity index is 1.86. The normalized spacial score (nSPS) is 16.4. The molecule has 1 aliphatic rings. The second-order valence-electron chi connectivity index (χ2n) is 4.91. The van der Waals surface area contributed by atoms with Crippen molar-refractivity contribution in [2.75, 3.05) is 42.6 Å². The average Bonchev–Trinajstić information content (AvgIpc) is 2.92. The Hall–Kier alpha value is -1.08. The van der Waals surface area contributed by atoms with Crippen LogP contribution in [0.1, 0.15) is 13.3 Å². The molecule has 112 valence electrons. The molecule has 0 N–H and O–H groups in total. The lowest BCUT2D eigenvalue weighted by molar-refractivity contribution is -0.128. The number of thiophene rings is 1. The summed E-state index contributed by atoms with van der Waals surface area (Å²) in [6.07, 6.45) is 0.557. The first-order valence-electron chi connectivity index (χ1n) is 6.78. The van der Waals surface area contributed by atoms with Crippen LogP contribution < -0.4 is 4.90 Å². The fourth-order valence-corrected chi connectivity index (χ4v) is 4.40. The highest BCUT2D eigenvalue weighted by molar-refractivity contribution is 7.92. The molecule has 1 aromatic heterocycles. The van der Waals surface area contributed by atoms with E-state index in [2.05, 4.69) is 11.0 Å². The van der Waals surface area contributed by atoms with Crippen molar-refractivity contribution in [3.8, 4) is 0 Å². The van der Waals surface area contributed by atoms with Crippen LogP contribution in [0.2, 0.25) is 0 Å². The molecule has 1 aliphatic heterocycles.